The molecule has 0 saturated heterocycles. The molecule has 2 aromatic heterocycles. The molecule has 0 unspecified atom stereocenters. The van der Waals surface area contributed by atoms with Gasteiger partial charge in [-0.3, -0.25) is 0 Å². The van der Waals surface area contributed by atoms with Crippen LogP contribution in [0.2, 0.25) is 0 Å². The maximum Gasteiger partial charge on any atom is 0.262 e. The van der Waals surface area contributed by atoms with Gasteiger partial charge in [0.05, 0.1) is 20.9 Å². The van der Waals surface area contributed by atoms with Crippen LogP contribution >= 0.6 is 22.7 Å². The van der Waals surface area contributed by atoms with E-state index < -0.39 is 0 Å². The van der Waals surface area contributed by atoms with Gasteiger partial charge in [-0.2, -0.15) is 49.2 Å². The molecule has 12 rings (SSSR count). The predicted octanol–water partition coefficient (Wildman–Crippen LogP) is 33.7. The van der Waals surface area contributed by atoms with Crippen LogP contribution in [0.5, 0.6) is 23.0 Å². The summed E-state index contributed by atoms with van der Waals surface area (Å²) in [5.74, 6) is 6.37. The standard InChI is InChI=1S/C96H118O4S2.2C7H7.Zr/c1-53(2)65-43-77(57(9)10)89(78(44-65)58(11)12)69-37-70(90-79(59(13)14)45-66(54(3)4)46-80(90)60(15)16)40-73(39-69)95-93(97)85(51-101-95)75-31-25-27-33-87(75)99-35-29-30-36-100-88-34-28-26-32-76(88)86-52-102-96(94(86)98)74-41-71(91-81(61(17)18)47-67(55(5)6)48-82(91)62(19)20)38-72(42-74)92-83(63(21)22)49-68(56(7)8)50-84(92)64(23)24;2*1-7-5-3-2-4-6-7;/h25-28,31-34,37-64,97-98H,29-30,35-36H2,1-24H3;2*2-6H,1H2;/q;2*-1;/p+2. The minimum absolute atomic E-state index is 0. The average molecular weight is 1680 g/mol. The number of ether oxygens (including phenoxy) is 2. The van der Waals surface area contributed by atoms with Crippen molar-refractivity contribution in [1.82, 2.24) is 0 Å². The fourth-order valence-electron chi connectivity index (χ4n) is 16.0. The number of hydrogen-bond acceptors (Lipinski definition) is 4. The van der Waals surface area contributed by atoms with Crippen molar-refractivity contribution in [1.29, 1.82) is 0 Å². The minimum atomic E-state index is 0. The van der Waals surface area contributed by atoms with Crippen LogP contribution in [-0.2, 0) is 26.2 Å². The Balaban J connectivity index is 0.000000941. The average Bonchev–Trinajstić information content (AvgIpc) is 1.74. The van der Waals surface area contributed by atoms with Crippen molar-refractivity contribution in [3.8, 4) is 111 Å². The number of aromatic hydroxyl groups is 4. The normalized spacial score (nSPS) is 11.7. The summed E-state index contributed by atoms with van der Waals surface area (Å²) in [5.41, 5.74) is 34.2. The van der Waals surface area contributed by atoms with Gasteiger partial charge in [-0.1, -0.05) is 251 Å². The molecule has 0 spiro atoms. The predicted molar refractivity (Wildman–Crippen MR) is 509 cm³/mol. The van der Waals surface area contributed by atoms with E-state index in [9.17, 15) is 10.2 Å². The van der Waals surface area contributed by atoms with Crippen molar-refractivity contribution in [3.05, 3.63) is 297 Å². The second kappa shape index (κ2) is 41.4. The summed E-state index contributed by atoms with van der Waals surface area (Å²) < 4.78 is 10.5. The summed E-state index contributed by atoms with van der Waals surface area (Å²) in [6.07, 6.45) is 1.67. The Hall–Kier alpha value is -8.58. The number of hydrogen-bond donors (Lipinski definition) is 2. The van der Waals surface area contributed by atoms with E-state index in [0.717, 1.165) is 78.6 Å². The third-order valence-electron chi connectivity index (χ3n) is 22.8. The number of para-hydroxylation sites is 2. The van der Waals surface area contributed by atoms with Crippen LogP contribution in [0.1, 0.15) is 328 Å². The summed E-state index contributed by atoms with van der Waals surface area (Å²) >= 11 is 3.23. The molecule has 2 heterocycles. The smallest absolute Gasteiger partial charge is 0.262 e. The quantitative estimate of drug-likeness (QED) is 0.0306. The Kier molecular flexibility index (Phi) is 32.7. The first-order valence-corrected chi connectivity index (χ1v) is 44.8. The molecular formula is C110H134O4S2Zr. The fourth-order valence-corrected chi connectivity index (χ4v) is 17.9. The molecule has 4 nitrogen and oxygen atoms in total. The van der Waals surface area contributed by atoms with Gasteiger partial charge in [-0.25, -0.2) is 0 Å². The minimum Gasteiger partial charge on any atom is -0.582 e. The van der Waals surface area contributed by atoms with Crippen molar-refractivity contribution in [2.45, 2.75) is 250 Å². The van der Waals surface area contributed by atoms with Crippen molar-refractivity contribution < 1.29 is 45.9 Å². The van der Waals surface area contributed by atoms with E-state index in [0.29, 0.717) is 84.2 Å². The topological polar surface area (TPSA) is 66.1 Å². The van der Waals surface area contributed by atoms with Gasteiger partial charge >= 0.3 is 0 Å². The molecule has 0 radical (unpaired) electrons. The second-order valence-corrected chi connectivity index (χ2v) is 37.6. The Bertz CT molecular complexity index is 4630. The molecule has 0 atom stereocenters. The van der Waals surface area contributed by atoms with Crippen molar-refractivity contribution in [2.24, 2.45) is 0 Å². The summed E-state index contributed by atoms with van der Waals surface area (Å²) in [4.78, 5) is 1.72. The maximum absolute atomic E-state index is 12.8. The zero-order chi connectivity index (χ0) is 84.3. The summed E-state index contributed by atoms with van der Waals surface area (Å²) in [7, 11) is 0. The number of rotatable bonds is 27. The van der Waals surface area contributed by atoms with Crippen LogP contribution in [0, 0.1) is 13.8 Å². The molecule has 0 aliphatic carbocycles. The molecule has 117 heavy (non-hydrogen) atoms. The van der Waals surface area contributed by atoms with Gasteiger partial charge in [0.15, 0.2) is 13.2 Å². The first kappa shape index (κ1) is 92.3. The van der Waals surface area contributed by atoms with E-state index in [4.69, 9.17) is 9.47 Å². The van der Waals surface area contributed by atoms with Crippen LogP contribution in [-0.4, -0.2) is 32.9 Å². The Morgan fingerprint density at radius 2 is 0.479 bits per heavy atom. The first-order chi connectivity index (χ1) is 55.1. The van der Waals surface area contributed by atoms with E-state index in [-0.39, 0.29) is 37.7 Å². The Morgan fingerprint density at radius 1 is 0.265 bits per heavy atom. The van der Waals surface area contributed by atoms with Gasteiger partial charge in [0.1, 0.15) is 11.5 Å². The third-order valence-corrected chi connectivity index (χ3v) is 24.8. The molecule has 7 heteroatoms. The van der Waals surface area contributed by atoms with Gasteiger partial charge in [0, 0.05) is 73.1 Å². The molecule has 0 fully saturated rings. The van der Waals surface area contributed by atoms with Gasteiger partial charge in [0.2, 0.25) is 0 Å². The van der Waals surface area contributed by atoms with E-state index in [1.165, 1.54) is 111 Å². The number of thiophene rings is 2. The number of unbranched alkanes of at least 4 members (excludes halogenated alkanes) is 1. The third kappa shape index (κ3) is 22.1. The monoisotopic (exact) mass is 1670 g/mol. The van der Waals surface area contributed by atoms with Crippen LogP contribution in [0.25, 0.3) is 87.6 Å². The molecule has 0 amide bonds. The van der Waals surface area contributed by atoms with E-state index in [1.807, 2.05) is 60.7 Å². The SMILES string of the molecule is CC(C)c1cc(C(C)C)c(-c2cc(-c3scc(-c4ccccc4[OH+]CCCC[OH+]c4ccccc4-c4csc(-c5cc(-c6c(C(C)C)cc(C(C)C)cc6C(C)C)cc(-c6c(C(C)C)cc(C(C)C)cc6C(C)C)c5)c4O)c3O)cc(-c3c(C(C)C)cc(C(C)C)cc3C(C)C)c2)c(C(C)C)c1.[CH2-]c1ccccc1.[CH2-]c1ccccc1.[Zr]. The molecule has 0 saturated carbocycles. The van der Waals surface area contributed by atoms with E-state index in [1.54, 1.807) is 22.7 Å². The fraction of sp³-hybridized carbons (Fsp3) is 0.364. The molecule has 4 N–H and O–H groups in total. The van der Waals surface area contributed by atoms with Crippen molar-refractivity contribution in [2.75, 3.05) is 13.2 Å². The van der Waals surface area contributed by atoms with Gasteiger partial charge in [-0.15, -0.1) is 46.9 Å². The van der Waals surface area contributed by atoms with Crippen LogP contribution in [0.3, 0.4) is 0 Å². The summed E-state index contributed by atoms with van der Waals surface area (Å²) in [6.45, 7) is 64.5. The van der Waals surface area contributed by atoms with E-state index in [2.05, 4.69) is 324 Å². The molecular weight excluding hydrogens is 1540 g/mol. The molecule has 0 aliphatic rings. The maximum atomic E-state index is 12.8. The van der Waals surface area contributed by atoms with Gasteiger partial charge < -0.3 is 19.7 Å². The summed E-state index contributed by atoms with van der Waals surface area (Å²) in [5, 5.41) is 29.8. The number of aliphatic hydroxyl groups is 2. The van der Waals surface area contributed by atoms with E-state index >= 15 is 0 Å². The molecule has 0 bridgehead atoms. The Morgan fingerprint density at radius 3 is 0.684 bits per heavy atom. The first-order valence-electron chi connectivity index (χ1n) is 43.1. The molecule has 12 aromatic rings. The summed E-state index contributed by atoms with van der Waals surface area (Å²) in [6, 6.07) is 70.4. The van der Waals surface area contributed by atoms with Crippen LogP contribution in [0.15, 0.2) is 205 Å². The second-order valence-electron chi connectivity index (χ2n) is 35.9. The molecule has 614 valence electrons. The number of benzene rings is 10. The van der Waals surface area contributed by atoms with Crippen LogP contribution in [0.4, 0.5) is 0 Å². The largest absolute Gasteiger partial charge is 0.582 e. The zero-order valence-corrected chi connectivity index (χ0v) is 79.0. The molecule has 10 aromatic carbocycles. The van der Waals surface area contributed by atoms with Gasteiger partial charge in [0.25, 0.3) is 11.5 Å². The van der Waals surface area contributed by atoms with Gasteiger partial charge in [-0.05, 0) is 242 Å². The van der Waals surface area contributed by atoms with Crippen molar-refractivity contribution in [3.63, 3.8) is 0 Å². The zero-order valence-electron chi connectivity index (χ0n) is 74.9. The molecule has 0 aliphatic heterocycles. The van der Waals surface area contributed by atoms with Crippen molar-refractivity contribution >= 4 is 22.7 Å². The van der Waals surface area contributed by atoms with Crippen LogP contribution < -0.4 is 0 Å². The Labute approximate surface area is 733 Å².